The quantitative estimate of drug-likeness (QED) is 0.552. The van der Waals surface area contributed by atoms with Crippen LogP contribution in [0.15, 0.2) is 42.5 Å². The van der Waals surface area contributed by atoms with Crippen LogP contribution < -0.4 is 15.4 Å². The molecule has 0 unspecified atom stereocenters. The molecule has 2 aromatic carbocycles. The molecule has 0 saturated carbocycles. The van der Waals surface area contributed by atoms with Crippen molar-refractivity contribution in [2.75, 3.05) is 11.9 Å². The van der Waals surface area contributed by atoms with Crippen LogP contribution >= 0.6 is 0 Å². The summed E-state index contributed by atoms with van der Waals surface area (Å²) in [6, 6.07) is 13.2. The lowest BCUT2D eigenvalue weighted by Gasteiger charge is -2.12. The first-order chi connectivity index (χ1) is 12.7. The van der Waals surface area contributed by atoms with Crippen LogP contribution in [0.3, 0.4) is 0 Å². The monoisotopic (exact) mass is 352 g/mol. The van der Waals surface area contributed by atoms with Crippen molar-refractivity contribution in [2.45, 2.75) is 33.3 Å². The molecular formula is C20H24N4O2. The molecule has 0 aliphatic rings. The maximum absolute atomic E-state index is 12.0. The van der Waals surface area contributed by atoms with Gasteiger partial charge in [0.1, 0.15) is 18.2 Å². The van der Waals surface area contributed by atoms with Crippen molar-refractivity contribution >= 4 is 22.8 Å². The number of ether oxygens (including phenoxy) is 1. The molecule has 26 heavy (non-hydrogen) atoms. The van der Waals surface area contributed by atoms with E-state index in [-0.39, 0.29) is 6.03 Å². The van der Waals surface area contributed by atoms with E-state index in [0.717, 1.165) is 35.3 Å². The molecule has 1 aromatic heterocycles. The summed E-state index contributed by atoms with van der Waals surface area (Å²) in [6.45, 7) is 5.07. The number of amides is 2. The fourth-order valence-electron chi connectivity index (χ4n) is 2.68. The first-order valence-electron chi connectivity index (χ1n) is 8.88. The predicted octanol–water partition coefficient (Wildman–Crippen LogP) is 4.37. The molecule has 0 saturated heterocycles. The second-order valence-corrected chi connectivity index (χ2v) is 6.17. The number of aromatic nitrogens is 2. The summed E-state index contributed by atoms with van der Waals surface area (Å²) >= 11 is 0. The van der Waals surface area contributed by atoms with Crippen molar-refractivity contribution in [1.29, 1.82) is 0 Å². The van der Waals surface area contributed by atoms with E-state index in [4.69, 9.17) is 4.74 Å². The highest BCUT2D eigenvalue weighted by molar-refractivity contribution is 5.90. The molecule has 3 rings (SSSR count). The lowest BCUT2D eigenvalue weighted by molar-refractivity contribution is 0.251. The topological polar surface area (TPSA) is 79.0 Å². The van der Waals surface area contributed by atoms with Gasteiger partial charge in [-0.15, -0.1) is 0 Å². The van der Waals surface area contributed by atoms with Crippen molar-refractivity contribution in [3.05, 3.63) is 53.9 Å². The average molecular weight is 352 g/mol. The van der Waals surface area contributed by atoms with Gasteiger partial charge >= 0.3 is 6.03 Å². The summed E-state index contributed by atoms with van der Waals surface area (Å²) in [6.07, 6.45) is 1.99. The number of hydrogen-bond donors (Lipinski definition) is 3. The zero-order chi connectivity index (χ0) is 18.4. The van der Waals surface area contributed by atoms with Crippen LogP contribution in [-0.4, -0.2) is 22.5 Å². The van der Waals surface area contributed by atoms with E-state index in [2.05, 4.69) is 27.5 Å². The van der Waals surface area contributed by atoms with Crippen LogP contribution in [-0.2, 0) is 6.61 Å². The Kier molecular flexibility index (Phi) is 5.73. The van der Waals surface area contributed by atoms with Crippen molar-refractivity contribution in [3.63, 3.8) is 0 Å². The van der Waals surface area contributed by atoms with Gasteiger partial charge in [0.25, 0.3) is 0 Å². The summed E-state index contributed by atoms with van der Waals surface area (Å²) in [4.78, 5) is 19.8. The van der Waals surface area contributed by atoms with Crippen LogP contribution in [0.25, 0.3) is 11.0 Å². The molecule has 6 heteroatoms. The zero-order valence-corrected chi connectivity index (χ0v) is 15.1. The average Bonchev–Trinajstić information content (AvgIpc) is 3.06. The zero-order valence-electron chi connectivity index (χ0n) is 15.1. The number of fused-ring (bicyclic) bond motifs is 1. The number of anilines is 1. The van der Waals surface area contributed by atoms with Crippen molar-refractivity contribution < 1.29 is 9.53 Å². The predicted molar refractivity (Wildman–Crippen MR) is 104 cm³/mol. The molecule has 0 aliphatic carbocycles. The molecule has 3 aromatic rings. The Morgan fingerprint density at radius 3 is 2.85 bits per heavy atom. The summed E-state index contributed by atoms with van der Waals surface area (Å²) < 4.78 is 5.88. The van der Waals surface area contributed by atoms with E-state index in [1.54, 1.807) is 0 Å². The van der Waals surface area contributed by atoms with Gasteiger partial charge in [-0.2, -0.15) is 0 Å². The molecule has 136 valence electrons. The molecule has 0 spiro atoms. The molecule has 0 bridgehead atoms. The molecular weight excluding hydrogens is 328 g/mol. The van der Waals surface area contributed by atoms with E-state index in [1.807, 2.05) is 49.4 Å². The highest BCUT2D eigenvalue weighted by Crippen LogP contribution is 2.25. The Balaban J connectivity index is 1.66. The van der Waals surface area contributed by atoms with Crippen LogP contribution in [0, 0.1) is 6.92 Å². The van der Waals surface area contributed by atoms with E-state index in [1.165, 1.54) is 0 Å². The van der Waals surface area contributed by atoms with Gasteiger partial charge < -0.3 is 20.4 Å². The number of nitrogens with one attached hydrogen (secondary N) is 3. The number of aryl methyl sites for hydroxylation is 1. The standard InChI is InChI=1S/C20H24N4O2/c1-3-4-12-21-20(25)23-15-9-5-6-11-17(15)26-13-18-22-16-10-7-8-14(2)19(16)24-18/h5-11H,3-4,12-13H2,1-2H3,(H,22,24)(H2,21,23,25). The number of rotatable bonds is 7. The van der Waals surface area contributed by atoms with Gasteiger partial charge in [-0.25, -0.2) is 9.78 Å². The van der Waals surface area contributed by atoms with Crippen LogP contribution in [0.2, 0.25) is 0 Å². The first-order valence-corrected chi connectivity index (χ1v) is 8.88. The van der Waals surface area contributed by atoms with Gasteiger partial charge in [-0.1, -0.05) is 37.6 Å². The molecule has 0 aliphatic heterocycles. The van der Waals surface area contributed by atoms with Gasteiger partial charge in [0, 0.05) is 6.54 Å². The Morgan fingerprint density at radius 2 is 2.04 bits per heavy atom. The smallest absolute Gasteiger partial charge is 0.319 e. The minimum absolute atomic E-state index is 0.228. The van der Waals surface area contributed by atoms with E-state index in [9.17, 15) is 4.79 Å². The third kappa shape index (κ3) is 4.33. The van der Waals surface area contributed by atoms with Crippen LogP contribution in [0.5, 0.6) is 5.75 Å². The number of hydrogen-bond acceptors (Lipinski definition) is 3. The fourth-order valence-corrected chi connectivity index (χ4v) is 2.68. The molecule has 0 atom stereocenters. The molecule has 2 amide bonds. The van der Waals surface area contributed by atoms with Gasteiger partial charge in [0.05, 0.1) is 16.7 Å². The normalized spacial score (nSPS) is 10.7. The SMILES string of the molecule is CCCCNC(=O)Nc1ccccc1OCc1nc2c(C)cccc2[nH]1. The van der Waals surface area contributed by atoms with Gasteiger partial charge in [-0.3, -0.25) is 0 Å². The number of benzene rings is 2. The Morgan fingerprint density at radius 1 is 1.19 bits per heavy atom. The molecule has 1 heterocycles. The minimum Gasteiger partial charge on any atom is -0.484 e. The highest BCUT2D eigenvalue weighted by atomic mass is 16.5. The maximum atomic E-state index is 12.0. The highest BCUT2D eigenvalue weighted by Gasteiger charge is 2.09. The lowest BCUT2D eigenvalue weighted by Crippen LogP contribution is -2.29. The van der Waals surface area contributed by atoms with Crippen molar-refractivity contribution in [1.82, 2.24) is 15.3 Å². The number of para-hydroxylation sites is 3. The van der Waals surface area contributed by atoms with Crippen LogP contribution in [0.4, 0.5) is 10.5 Å². The largest absolute Gasteiger partial charge is 0.484 e. The number of carbonyl (C=O) groups excluding carboxylic acids is 1. The fraction of sp³-hybridized carbons (Fsp3) is 0.300. The first kappa shape index (κ1) is 17.8. The van der Waals surface area contributed by atoms with Crippen molar-refractivity contribution in [3.8, 4) is 5.75 Å². The van der Waals surface area contributed by atoms with Gasteiger partial charge in [-0.05, 0) is 37.1 Å². The molecule has 0 fully saturated rings. The number of urea groups is 1. The number of aromatic amines is 1. The minimum atomic E-state index is -0.228. The lowest BCUT2D eigenvalue weighted by atomic mass is 10.2. The maximum Gasteiger partial charge on any atom is 0.319 e. The number of H-pyrrole nitrogens is 1. The number of unbranched alkanes of at least 4 members (excludes halogenated alkanes) is 1. The van der Waals surface area contributed by atoms with E-state index >= 15 is 0 Å². The Bertz CT molecular complexity index is 888. The molecule has 3 N–H and O–H groups in total. The Labute approximate surface area is 153 Å². The number of nitrogens with zero attached hydrogens (tertiary/aromatic N) is 1. The van der Waals surface area contributed by atoms with Crippen molar-refractivity contribution in [2.24, 2.45) is 0 Å². The second-order valence-electron chi connectivity index (χ2n) is 6.17. The molecule has 0 radical (unpaired) electrons. The third-order valence-electron chi connectivity index (χ3n) is 4.08. The number of carbonyl (C=O) groups is 1. The summed E-state index contributed by atoms with van der Waals surface area (Å²) in [5, 5.41) is 5.67. The molecule has 6 nitrogen and oxygen atoms in total. The third-order valence-corrected chi connectivity index (χ3v) is 4.08. The van der Waals surface area contributed by atoms with Gasteiger partial charge in [0.15, 0.2) is 0 Å². The van der Waals surface area contributed by atoms with Crippen LogP contribution in [0.1, 0.15) is 31.2 Å². The summed E-state index contributed by atoms with van der Waals surface area (Å²) in [7, 11) is 0. The van der Waals surface area contributed by atoms with E-state index in [0.29, 0.717) is 24.6 Å². The summed E-state index contributed by atoms with van der Waals surface area (Å²) in [5.41, 5.74) is 3.70. The number of imidazole rings is 1. The Hall–Kier alpha value is -3.02. The van der Waals surface area contributed by atoms with Gasteiger partial charge in [0.2, 0.25) is 0 Å². The summed E-state index contributed by atoms with van der Waals surface area (Å²) in [5.74, 6) is 1.35. The second kappa shape index (κ2) is 8.38. The van der Waals surface area contributed by atoms with E-state index < -0.39 is 0 Å².